The van der Waals surface area contributed by atoms with Crippen molar-refractivity contribution in [2.75, 3.05) is 12.8 Å². The molecule has 1 aliphatic rings. The molecule has 3 rings (SSSR count). The van der Waals surface area contributed by atoms with Crippen LogP contribution in [0.4, 0.5) is 5.69 Å². The summed E-state index contributed by atoms with van der Waals surface area (Å²) < 4.78 is 0. The molecule has 5 N–H and O–H groups in total. The highest BCUT2D eigenvalue weighted by atomic mass is 35.5. The third-order valence-electron chi connectivity index (χ3n) is 5.99. The van der Waals surface area contributed by atoms with Gasteiger partial charge in [-0.1, -0.05) is 94.8 Å². The molecule has 2 aromatic carbocycles. The first-order valence-corrected chi connectivity index (χ1v) is 13.0. The van der Waals surface area contributed by atoms with E-state index in [1.807, 2.05) is 56.3 Å². The Bertz CT molecular complexity index is 800. The minimum Gasteiger partial charge on any atom is -0.398 e. The molecule has 0 spiro atoms. The second-order valence-electron chi connectivity index (χ2n) is 8.13. The molecule has 1 fully saturated rings. The highest BCUT2D eigenvalue weighted by molar-refractivity contribution is 6.31. The van der Waals surface area contributed by atoms with Crippen LogP contribution in [0.5, 0.6) is 0 Å². The normalized spacial score (nSPS) is 14.9. The molecule has 0 saturated heterocycles. The number of unbranched alkanes of at least 4 members (excludes halogenated alkanes) is 1. The lowest BCUT2D eigenvalue weighted by atomic mass is 9.82. The molecule has 2 aromatic rings. The monoisotopic (exact) mass is 472 g/mol. The molecule has 1 atom stereocenters. The number of nitrogens with zero attached hydrogens (tertiary/aromatic N) is 1. The van der Waals surface area contributed by atoms with E-state index in [0.29, 0.717) is 18.5 Å². The molecule has 33 heavy (non-hydrogen) atoms. The Balaban J connectivity index is 0.00000129. The standard InChI is InChI=1S/C25H34ClN3.C2H6.CH5N/c1-2-3-17-24(19-11-5-4-6-12-19)29-25(21-14-8-10-16-23(21)27)28-18-20-13-7-9-15-22(20)26;2*1-2/h7-10,13-16,19,24H,2-6,11-12,17-18,27H2,1H3,(H,28,29);1-2H3;2H2,1H3. The van der Waals surface area contributed by atoms with E-state index in [0.717, 1.165) is 27.7 Å². The molecular weight excluding hydrogens is 428 g/mol. The average molecular weight is 473 g/mol. The molecular formula is C28H45ClN4. The zero-order valence-electron chi connectivity index (χ0n) is 21.1. The van der Waals surface area contributed by atoms with Crippen LogP contribution in [-0.2, 0) is 6.54 Å². The Morgan fingerprint density at radius 1 is 1.03 bits per heavy atom. The minimum atomic E-state index is 0.444. The molecule has 184 valence electrons. The van der Waals surface area contributed by atoms with Crippen molar-refractivity contribution in [3.8, 4) is 0 Å². The summed E-state index contributed by atoms with van der Waals surface area (Å²) in [6, 6.07) is 16.4. The lowest BCUT2D eigenvalue weighted by molar-refractivity contribution is 0.275. The fraction of sp³-hybridized carbons (Fsp3) is 0.536. The Labute approximate surface area is 207 Å². The van der Waals surface area contributed by atoms with Gasteiger partial charge < -0.3 is 16.8 Å². The minimum absolute atomic E-state index is 0.444. The van der Waals surface area contributed by atoms with Crippen molar-refractivity contribution < 1.29 is 0 Å². The maximum Gasteiger partial charge on any atom is 0.130 e. The number of benzene rings is 2. The number of rotatable bonds is 8. The van der Waals surface area contributed by atoms with Crippen LogP contribution in [0.25, 0.3) is 0 Å². The molecule has 0 bridgehead atoms. The molecule has 4 nitrogen and oxygen atoms in total. The number of para-hydroxylation sites is 1. The molecule has 1 aliphatic carbocycles. The second-order valence-corrected chi connectivity index (χ2v) is 8.54. The summed E-state index contributed by atoms with van der Waals surface area (Å²) in [5.41, 5.74) is 13.6. The maximum absolute atomic E-state index is 6.37. The summed E-state index contributed by atoms with van der Waals surface area (Å²) in [6.45, 7) is 6.81. The second kappa shape index (κ2) is 17.4. The summed E-state index contributed by atoms with van der Waals surface area (Å²) in [5.74, 6) is 1.61. The fourth-order valence-corrected chi connectivity index (χ4v) is 4.47. The number of nitrogens with one attached hydrogen (secondary N) is 1. The third kappa shape index (κ3) is 9.77. The Morgan fingerprint density at radius 2 is 1.67 bits per heavy atom. The number of halogens is 1. The number of hydrogen-bond donors (Lipinski definition) is 3. The van der Waals surface area contributed by atoms with Crippen molar-refractivity contribution in [1.29, 1.82) is 0 Å². The SMILES string of the molecule is CC.CCCCC(NC(=NCc1ccccc1Cl)c1ccccc1N)C1CCCCC1.CN. The first-order chi connectivity index (χ1) is 16.2. The average Bonchev–Trinajstić information content (AvgIpc) is 2.88. The largest absolute Gasteiger partial charge is 0.398 e. The van der Waals surface area contributed by atoms with Crippen molar-refractivity contribution in [1.82, 2.24) is 5.32 Å². The van der Waals surface area contributed by atoms with Crippen molar-refractivity contribution >= 4 is 23.1 Å². The van der Waals surface area contributed by atoms with E-state index in [2.05, 4.69) is 24.0 Å². The van der Waals surface area contributed by atoms with Gasteiger partial charge in [0.25, 0.3) is 0 Å². The lowest BCUT2D eigenvalue weighted by Gasteiger charge is -2.32. The predicted octanol–water partition coefficient (Wildman–Crippen LogP) is 7.20. The fourth-order valence-electron chi connectivity index (χ4n) is 4.27. The Morgan fingerprint density at radius 3 is 2.30 bits per heavy atom. The summed E-state index contributed by atoms with van der Waals surface area (Å²) in [7, 11) is 1.50. The molecule has 0 aromatic heterocycles. The van der Waals surface area contributed by atoms with Gasteiger partial charge in [-0.05, 0) is 56.0 Å². The van der Waals surface area contributed by atoms with Crippen LogP contribution in [0.2, 0.25) is 5.02 Å². The number of nitrogen functional groups attached to an aromatic ring is 1. The van der Waals surface area contributed by atoms with E-state index in [-0.39, 0.29) is 0 Å². The van der Waals surface area contributed by atoms with E-state index in [1.54, 1.807) is 0 Å². The summed E-state index contributed by atoms with van der Waals surface area (Å²) >= 11 is 6.37. The van der Waals surface area contributed by atoms with Crippen molar-refractivity contribution in [3.63, 3.8) is 0 Å². The van der Waals surface area contributed by atoms with E-state index < -0.39 is 0 Å². The van der Waals surface area contributed by atoms with Gasteiger partial charge in [-0.25, -0.2) is 0 Å². The van der Waals surface area contributed by atoms with Gasteiger partial charge in [0.15, 0.2) is 0 Å². The van der Waals surface area contributed by atoms with Gasteiger partial charge in [0.1, 0.15) is 5.84 Å². The van der Waals surface area contributed by atoms with E-state index in [4.69, 9.17) is 22.3 Å². The van der Waals surface area contributed by atoms with Crippen LogP contribution in [0.1, 0.15) is 83.3 Å². The van der Waals surface area contributed by atoms with Crippen molar-refractivity contribution in [3.05, 3.63) is 64.7 Å². The highest BCUT2D eigenvalue weighted by Gasteiger charge is 2.25. The van der Waals surface area contributed by atoms with Crippen LogP contribution in [0.3, 0.4) is 0 Å². The number of hydrogen-bond acceptors (Lipinski definition) is 3. The molecule has 1 saturated carbocycles. The highest BCUT2D eigenvalue weighted by Crippen LogP contribution is 2.29. The number of anilines is 1. The van der Waals surface area contributed by atoms with Gasteiger partial charge in [-0.15, -0.1) is 0 Å². The number of aliphatic imine (C=N–C) groups is 1. The van der Waals surface area contributed by atoms with Gasteiger partial charge >= 0.3 is 0 Å². The summed E-state index contributed by atoms with van der Waals surface area (Å²) in [4.78, 5) is 4.97. The summed E-state index contributed by atoms with van der Waals surface area (Å²) in [5, 5.41) is 4.59. The van der Waals surface area contributed by atoms with Gasteiger partial charge in [-0.2, -0.15) is 0 Å². The molecule has 0 aliphatic heterocycles. The first-order valence-electron chi connectivity index (χ1n) is 12.7. The summed E-state index contributed by atoms with van der Waals surface area (Å²) in [6.07, 6.45) is 10.3. The Kier molecular flexibility index (Phi) is 15.3. The van der Waals surface area contributed by atoms with Gasteiger partial charge in [0.2, 0.25) is 0 Å². The van der Waals surface area contributed by atoms with Crippen LogP contribution in [-0.4, -0.2) is 18.9 Å². The van der Waals surface area contributed by atoms with E-state index in [1.165, 1.54) is 58.4 Å². The number of amidine groups is 1. The van der Waals surface area contributed by atoms with E-state index >= 15 is 0 Å². The molecule has 0 heterocycles. The topological polar surface area (TPSA) is 76.4 Å². The molecule has 5 heteroatoms. The van der Waals surface area contributed by atoms with Gasteiger partial charge in [0.05, 0.1) is 6.54 Å². The van der Waals surface area contributed by atoms with Crippen molar-refractivity contribution in [2.45, 2.75) is 84.7 Å². The van der Waals surface area contributed by atoms with Gasteiger partial charge in [-0.3, -0.25) is 4.99 Å². The van der Waals surface area contributed by atoms with Crippen molar-refractivity contribution in [2.24, 2.45) is 16.6 Å². The van der Waals surface area contributed by atoms with Gasteiger partial charge in [0, 0.05) is 22.3 Å². The zero-order chi connectivity index (χ0) is 24.5. The van der Waals surface area contributed by atoms with Crippen LogP contribution in [0.15, 0.2) is 53.5 Å². The Hall–Kier alpha value is -2.04. The zero-order valence-corrected chi connectivity index (χ0v) is 21.9. The first kappa shape index (κ1) is 29.0. The maximum atomic E-state index is 6.37. The number of nitrogens with two attached hydrogens (primary N) is 2. The smallest absolute Gasteiger partial charge is 0.130 e. The molecule has 0 amide bonds. The quantitative estimate of drug-likeness (QED) is 0.216. The van der Waals surface area contributed by atoms with Crippen LogP contribution >= 0.6 is 11.6 Å². The lowest BCUT2D eigenvalue weighted by Crippen LogP contribution is -2.42. The molecule has 1 unspecified atom stereocenters. The van der Waals surface area contributed by atoms with Crippen LogP contribution in [0, 0.1) is 5.92 Å². The predicted molar refractivity (Wildman–Crippen MR) is 147 cm³/mol. The molecule has 0 radical (unpaired) electrons. The van der Waals surface area contributed by atoms with Crippen LogP contribution < -0.4 is 16.8 Å². The van der Waals surface area contributed by atoms with E-state index in [9.17, 15) is 0 Å². The third-order valence-corrected chi connectivity index (χ3v) is 6.36.